The van der Waals surface area contributed by atoms with Crippen molar-refractivity contribution < 1.29 is 9.59 Å². The molecule has 0 bridgehead atoms. The van der Waals surface area contributed by atoms with Crippen LogP contribution in [0.4, 0.5) is 5.69 Å². The van der Waals surface area contributed by atoms with E-state index >= 15 is 0 Å². The average molecular weight is 372 g/mol. The van der Waals surface area contributed by atoms with Crippen LogP contribution in [-0.2, 0) is 13.0 Å². The summed E-state index contributed by atoms with van der Waals surface area (Å²) >= 11 is 0. The van der Waals surface area contributed by atoms with E-state index in [9.17, 15) is 9.59 Å². The Morgan fingerprint density at radius 3 is 2.71 bits per heavy atom. The second-order valence-electron chi connectivity index (χ2n) is 6.66. The number of fused-ring (bicyclic) bond motifs is 1. The zero-order valence-electron chi connectivity index (χ0n) is 15.3. The lowest BCUT2D eigenvalue weighted by Gasteiger charge is -2.29. The minimum Gasteiger partial charge on any atom is -0.346 e. The number of hydrogen-bond acceptors (Lipinski definition) is 4. The number of para-hydroxylation sites is 1. The molecular formula is C22H20N4O2. The van der Waals surface area contributed by atoms with E-state index in [0.29, 0.717) is 24.2 Å². The lowest BCUT2D eigenvalue weighted by Crippen LogP contribution is -2.35. The molecule has 0 saturated heterocycles. The smallest absolute Gasteiger partial charge is 0.259 e. The van der Waals surface area contributed by atoms with E-state index in [1.54, 1.807) is 17.2 Å². The van der Waals surface area contributed by atoms with Gasteiger partial charge in [-0.3, -0.25) is 19.6 Å². The Bertz CT molecular complexity index is 1000. The summed E-state index contributed by atoms with van der Waals surface area (Å²) in [7, 11) is 0. The summed E-state index contributed by atoms with van der Waals surface area (Å²) in [6.45, 7) is 0.975. The molecule has 1 aliphatic rings. The molecule has 28 heavy (non-hydrogen) atoms. The molecule has 6 heteroatoms. The zero-order valence-corrected chi connectivity index (χ0v) is 15.3. The van der Waals surface area contributed by atoms with Crippen LogP contribution in [0.25, 0.3) is 0 Å². The minimum absolute atomic E-state index is 0.140. The number of hydrogen-bond donors (Lipinski definition) is 1. The number of carbonyl (C=O) groups is 2. The monoisotopic (exact) mass is 372 g/mol. The van der Waals surface area contributed by atoms with Crippen molar-refractivity contribution in [1.82, 2.24) is 15.3 Å². The Balaban J connectivity index is 1.51. The first-order chi connectivity index (χ1) is 13.7. The summed E-state index contributed by atoms with van der Waals surface area (Å²) in [5.41, 5.74) is 3.62. The number of amides is 2. The number of benzene rings is 1. The topological polar surface area (TPSA) is 75.2 Å². The molecule has 6 nitrogen and oxygen atoms in total. The van der Waals surface area contributed by atoms with Gasteiger partial charge in [-0.1, -0.05) is 24.3 Å². The summed E-state index contributed by atoms with van der Waals surface area (Å²) < 4.78 is 0. The molecule has 0 saturated carbocycles. The van der Waals surface area contributed by atoms with Gasteiger partial charge < -0.3 is 10.2 Å². The first kappa shape index (κ1) is 17.9. The van der Waals surface area contributed by atoms with Gasteiger partial charge in [0.25, 0.3) is 11.8 Å². The Hall–Kier alpha value is -3.54. The van der Waals surface area contributed by atoms with Gasteiger partial charge in [0.2, 0.25) is 0 Å². The van der Waals surface area contributed by atoms with E-state index in [-0.39, 0.29) is 11.8 Å². The molecule has 1 N–H and O–H groups in total. The number of nitrogens with zero attached hydrogens (tertiary/aromatic N) is 3. The fraction of sp³-hybridized carbons (Fsp3) is 0.182. The Kier molecular flexibility index (Phi) is 5.10. The second-order valence-corrected chi connectivity index (χ2v) is 6.66. The molecule has 140 valence electrons. The van der Waals surface area contributed by atoms with Gasteiger partial charge in [-0.15, -0.1) is 0 Å². The van der Waals surface area contributed by atoms with E-state index in [4.69, 9.17) is 0 Å². The van der Waals surface area contributed by atoms with Crippen LogP contribution in [0.5, 0.6) is 0 Å². The highest BCUT2D eigenvalue weighted by Crippen LogP contribution is 2.28. The maximum Gasteiger partial charge on any atom is 0.259 e. The summed E-state index contributed by atoms with van der Waals surface area (Å²) in [6.07, 6.45) is 6.54. The third-order valence-electron chi connectivity index (χ3n) is 4.76. The van der Waals surface area contributed by atoms with Crippen molar-refractivity contribution in [3.8, 4) is 0 Å². The maximum atomic E-state index is 13.1. The molecule has 3 heterocycles. The average Bonchev–Trinajstić information content (AvgIpc) is 2.77. The molecule has 0 unspecified atom stereocenters. The van der Waals surface area contributed by atoms with Crippen molar-refractivity contribution in [3.05, 3.63) is 89.5 Å². The fourth-order valence-corrected chi connectivity index (χ4v) is 3.36. The summed E-state index contributed by atoms with van der Waals surface area (Å²) in [6, 6.07) is 15.1. The van der Waals surface area contributed by atoms with Crippen molar-refractivity contribution in [2.24, 2.45) is 0 Å². The summed E-state index contributed by atoms with van der Waals surface area (Å²) in [5, 5.41) is 2.81. The maximum absolute atomic E-state index is 13.1. The van der Waals surface area contributed by atoms with Crippen LogP contribution < -0.4 is 10.2 Å². The first-order valence-electron chi connectivity index (χ1n) is 9.25. The Morgan fingerprint density at radius 2 is 1.86 bits per heavy atom. The molecule has 1 aromatic carbocycles. The molecule has 1 aliphatic heterocycles. The number of nitrogens with one attached hydrogen (secondary N) is 1. The number of anilines is 1. The van der Waals surface area contributed by atoms with E-state index in [2.05, 4.69) is 21.4 Å². The lowest BCUT2D eigenvalue weighted by molar-refractivity contribution is 0.0950. The van der Waals surface area contributed by atoms with Crippen LogP contribution in [0.1, 0.15) is 38.4 Å². The number of pyridine rings is 2. The van der Waals surface area contributed by atoms with Crippen molar-refractivity contribution in [3.63, 3.8) is 0 Å². The van der Waals surface area contributed by atoms with Crippen LogP contribution in [0.15, 0.2) is 67.1 Å². The van der Waals surface area contributed by atoms with Gasteiger partial charge >= 0.3 is 0 Å². The van der Waals surface area contributed by atoms with Crippen LogP contribution in [0, 0.1) is 0 Å². The molecule has 0 radical (unpaired) electrons. The van der Waals surface area contributed by atoms with Gasteiger partial charge in [0, 0.05) is 30.8 Å². The molecular weight excluding hydrogens is 352 g/mol. The standard InChI is InChI=1S/C22H20N4O2/c27-21(25-15-19-8-3-4-10-24-19)17-12-18(14-23-13-17)22(28)26-11-5-7-16-6-1-2-9-20(16)26/h1-4,6,8-10,12-14H,5,7,11,15H2,(H,25,27). The molecule has 0 atom stereocenters. The number of aromatic nitrogens is 2. The quantitative estimate of drug-likeness (QED) is 0.764. The van der Waals surface area contributed by atoms with Crippen LogP contribution in [0.3, 0.4) is 0 Å². The van der Waals surface area contributed by atoms with Crippen LogP contribution >= 0.6 is 0 Å². The highest BCUT2D eigenvalue weighted by Gasteiger charge is 2.24. The molecule has 2 amide bonds. The van der Waals surface area contributed by atoms with Gasteiger partial charge in [-0.25, -0.2) is 0 Å². The number of carbonyl (C=O) groups excluding carboxylic acids is 2. The highest BCUT2D eigenvalue weighted by molar-refractivity contribution is 6.08. The number of rotatable bonds is 4. The molecule has 2 aromatic heterocycles. The van der Waals surface area contributed by atoms with E-state index < -0.39 is 0 Å². The van der Waals surface area contributed by atoms with Crippen molar-refractivity contribution in [1.29, 1.82) is 0 Å². The molecule has 0 spiro atoms. The third kappa shape index (κ3) is 3.76. The van der Waals surface area contributed by atoms with Gasteiger partial charge in [0.15, 0.2) is 0 Å². The minimum atomic E-state index is -0.285. The fourth-order valence-electron chi connectivity index (χ4n) is 3.36. The second kappa shape index (κ2) is 8.00. The highest BCUT2D eigenvalue weighted by atomic mass is 16.2. The predicted octanol–water partition coefficient (Wildman–Crippen LogP) is 3.00. The summed E-state index contributed by atoms with van der Waals surface area (Å²) in [4.78, 5) is 35.6. The van der Waals surface area contributed by atoms with Crippen LogP contribution in [-0.4, -0.2) is 28.3 Å². The van der Waals surface area contributed by atoms with Gasteiger partial charge in [0.05, 0.1) is 23.4 Å². The molecule has 0 fully saturated rings. The molecule has 4 rings (SSSR count). The lowest BCUT2D eigenvalue weighted by atomic mass is 10.0. The van der Waals surface area contributed by atoms with E-state index in [1.165, 1.54) is 18.0 Å². The van der Waals surface area contributed by atoms with E-state index in [1.807, 2.05) is 36.4 Å². The van der Waals surface area contributed by atoms with Crippen LogP contribution in [0.2, 0.25) is 0 Å². The first-order valence-corrected chi connectivity index (χ1v) is 9.25. The normalized spacial score (nSPS) is 12.9. The zero-order chi connectivity index (χ0) is 19.3. The van der Waals surface area contributed by atoms with Crippen molar-refractivity contribution >= 4 is 17.5 Å². The third-order valence-corrected chi connectivity index (χ3v) is 4.76. The van der Waals surface area contributed by atoms with Crippen molar-refractivity contribution in [2.75, 3.05) is 11.4 Å². The van der Waals surface area contributed by atoms with Gasteiger partial charge in [0.1, 0.15) is 0 Å². The summed E-state index contributed by atoms with van der Waals surface area (Å²) in [5.74, 6) is -0.425. The SMILES string of the molecule is O=C(NCc1ccccn1)c1cncc(C(=O)N2CCCc3ccccc32)c1. The molecule has 0 aliphatic carbocycles. The largest absolute Gasteiger partial charge is 0.346 e. The van der Waals surface area contributed by atoms with Gasteiger partial charge in [-0.2, -0.15) is 0 Å². The van der Waals surface area contributed by atoms with Gasteiger partial charge in [-0.05, 0) is 42.7 Å². The number of aryl methyl sites for hydroxylation is 1. The predicted molar refractivity (Wildman–Crippen MR) is 106 cm³/mol. The Morgan fingerprint density at radius 1 is 1.04 bits per heavy atom. The molecule has 3 aromatic rings. The van der Waals surface area contributed by atoms with E-state index in [0.717, 1.165) is 24.2 Å². The van der Waals surface area contributed by atoms with Crippen molar-refractivity contribution in [2.45, 2.75) is 19.4 Å². The Labute approximate surface area is 163 Å².